The number of hydrogen-bond acceptors (Lipinski definition) is 7. The van der Waals surface area contributed by atoms with Crippen molar-refractivity contribution in [2.45, 2.75) is 11.3 Å². The van der Waals surface area contributed by atoms with Crippen molar-refractivity contribution in [3.63, 3.8) is 0 Å². The van der Waals surface area contributed by atoms with Gasteiger partial charge in [-0.1, -0.05) is 12.1 Å². The van der Waals surface area contributed by atoms with Gasteiger partial charge in [0.2, 0.25) is 0 Å². The molecule has 0 aliphatic carbocycles. The summed E-state index contributed by atoms with van der Waals surface area (Å²) in [5, 5.41) is 0. The number of rotatable bonds is 6. The molecule has 0 N–H and O–H groups in total. The average Bonchev–Trinajstić information content (AvgIpc) is 2.50. The quantitative estimate of drug-likeness (QED) is 0.428. The molecule has 120 valence electrons. The SMILES string of the molecule is COC(=O)C(CC(=O)c1ccc(S(C)(=O)=O)cc1)C(=O)OC. The Balaban J connectivity index is 2.95. The molecule has 0 fully saturated rings. The molecule has 0 unspecified atom stereocenters. The largest absolute Gasteiger partial charge is 0.468 e. The fraction of sp³-hybridized carbons (Fsp3) is 0.357. The van der Waals surface area contributed by atoms with E-state index in [1.807, 2.05) is 0 Å². The molecule has 0 amide bonds. The van der Waals surface area contributed by atoms with Gasteiger partial charge in [-0.05, 0) is 12.1 Å². The Bertz CT molecular complexity index is 658. The zero-order chi connectivity index (χ0) is 16.9. The first-order valence-electron chi connectivity index (χ1n) is 6.19. The van der Waals surface area contributed by atoms with E-state index in [2.05, 4.69) is 9.47 Å². The van der Waals surface area contributed by atoms with Gasteiger partial charge in [0.15, 0.2) is 21.5 Å². The van der Waals surface area contributed by atoms with Crippen LogP contribution < -0.4 is 0 Å². The maximum absolute atomic E-state index is 12.1. The highest BCUT2D eigenvalue weighted by Gasteiger charge is 2.31. The maximum Gasteiger partial charge on any atom is 0.320 e. The molecular weight excluding hydrogens is 312 g/mol. The summed E-state index contributed by atoms with van der Waals surface area (Å²) in [5.41, 5.74) is 0.185. The number of ether oxygens (including phenoxy) is 2. The molecule has 0 atom stereocenters. The second kappa shape index (κ2) is 7.17. The van der Waals surface area contributed by atoms with Crippen molar-refractivity contribution < 1.29 is 32.3 Å². The Hall–Kier alpha value is -2.22. The van der Waals surface area contributed by atoms with Crippen LogP contribution >= 0.6 is 0 Å². The molecule has 1 aromatic rings. The fourth-order valence-electron chi connectivity index (χ4n) is 1.74. The van der Waals surface area contributed by atoms with Crippen LogP contribution in [0.5, 0.6) is 0 Å². The summed E-state index contributed by atoms with van der Waals surface area (Å²) in [4.78, 5) is 35.2. The lowest BCUT2D eigenvalue weighted by molar-refractivity contribution is -0.158. The van der Waals surface area contributed by atoms with Gasteiger partial charge >= 0.3 is 11.9 Å². The number of carbonyl (C=O) groups is 3. The van der Waals surface area contributed by atoms with Crippen LogP contribution in [0.15, 0.2) is 29.2 Å². The Labute approximate surface area is 128 Å². The highest BCUT2D eigenvalue weighted by molar-refractivity contribution is 7.90. The van der Waals surface area contributed by atoms with Gasteiger partial charge in [-0.2, -0.15) is 0 Å². The third-order valence-electron chi connectivity index (χ3n) is 2.97. The van der Waals surface area contributed by atoms with Crippen molar-refractivity contribution >= 4 is 27.6 Å². The lowest BCUT2D eigenvalue weighted by Crippen LogP contribution is -2.29. The third kappa shape index (κ3) is 4.39. The lowest BCUT2D eigenvalue weighted by atomic mass is 9.98. The van der Waals surface area contributed by atoms with Crippen LogP contribution in [-0.4, -0.2) is 46.6 Å². The Kier molecular flexibility index (Phi) is 5.81. The minimum absolute atomic E-state index is 0.0709. The van der Waals surface area contributed by atoms with E-state index in [9.17, 15) is 22.8 Å². The summed E-state index contributed by atoms with van der Waals surface area (Å²) in [6, 6.07) is 5.22. The predicted molar refractivity (Wildman–Crippen MR) is 76.0 cm³/mol. The topological polar surface area (TPSA) is 104 Å². The van der Waals surface area contributed by atoms with Crippen LogP contribution in [0.1, 0.15) is 16.8 Å². The molecule has 0 saturated carbocycles. The summed E-state index contributed by atoms with van der Waals surface area (Å²) in [5.74, 6) is -3.58. The minimum Gasteiger partial charge on any atom is -0.468 e. The van der Waals surface area contributed by atoms with Gasteiger partial charge in [0.25, 0.3) is 0 Å². The number of hydrogen-bond donors (Lipinski definition) is 0. The van der Waals surface area contributed by atoms with Crippen LogP contribution in [0.2, 0.25) is 0 Å². The van der Waals surface area contributed by atoms with E-state index in [-0.39, 0.29) is 10.5 Å². The van der Waals surface area contributed by atoms with E-state index in [4.69, 9.17) is 0 Å². The van der Waals surface area contributed by atoms with E-state index < -0.39 is 39.9 Å². The predicted octanol–water partition coefficient (Wildman–Crippen LogP) is 0.625. The van der Waals surface area contributed by atoms with Crippen molar-refractivity contribution in [3.05, 3.63) is 29.8 Å². The highest BCUT2D eigenvalue weighted by atomic mass is 32.2. The van der Waals surface area contributed by atoms with Crippen LogP contribution in [0.3, 0.4) is 0 Å². The number of ketones is 1. The molecule has 0 aromatic heterocycles. The molecule has 0 aliphatic rings. The van der Waals surface area contributed by atoms with Crippen LogP contribution in [0.25, 0.3) is 0 Å². The monoisotopic (exact) mass is 328 g/mol. The molecule has 0 heterocycles. The normalized spacial score (nSPS) is 11.1. The Morgan fingerprint density at radius 2 is 1.45 bits per heavy atom. The van der Waals surface area contributed by atoms with Crippen molar-refractivity contribution in [2.75, 3.05) is 20.5 Å². The Morgan fingerprint density at radius 3 is 1.82 bits per heavy atom. The standard InChI is InChI=1S/C14H16O7S/c1-20-13(16)11(14(17)21-2)8-12(15)9-4-6-10(7-5-9)22(3,18)19/h4-7,11H,8H2,1-3H3. The van der Waals surface area contributed by atoms with E-state index in [0.717, 1.165) is 20.5 Å². The number of carbonyl (C=O) groups excluding carboxylic acids is 3. The first-order valence-corrected chi connectivity index (χ1v) is 8.08. The van der Waals surface area contributed by atoms with Crippen molar-refractivity contribution in [2.24, 2.45) is 5.92 Å². The molecular formula is C14H16O7S. The van der Waals surface area contributed by atoms with Gasteiger partial charge < -0.3 is 9.47 Å². The van der Waals surface area contributed by atoms with E-state index in [1.54, 1.807) is 0 Å². The molecule has 0 saturated heterocycles. The van der Waals surface area contributed by atoms with Crippen LogP contribution in [0.4, 0.5) is 0 Å². The maximum atomic E-state index is 12.1. The van der Waals surface area contributed by atoms with E-state index in [0.29, 0.717) is 0 Å². The summed E-state index contributed by atoms with van der Waals surface area (Å²) in [7, 11) is -1.16. The molecule has 0 bridgehead atoms. The number of esters is 2. The van der Waals surface area contributed by atoms with E-state index in [1.165, 1.54) is 24.3 Å². The summed E-state index contributed by atoms with van der Waals surface area (Å²) in [6.07, 6.45) is 0.631. The van der Waals surface area contributed by atoms with Crippen molar-refractivity contribution in [1.29, 1.82) is 0 Å². The molecule has 0 radical (unpaired) electrons. The zero-order valence-corrected chi connectivity index (χ0v) is 13.2. The molecule has 22 heavy (non-hydrogen) atoms. The van der Waals surface area contributed by atoms with Gasteiger partial charge in [-0.15, -0.1) is 0 Å². The van der Waals surface area contributed by atoms with Crippen LogP contribution in [-0.2, 0) is 28.9 Å². The second-order valence-electron chi connectivity index (χ2n) is 4.52. The van der Waals surface area contributed by atoms with Gasteiger partial charge in [-0.25, -0.2) is 8.42 Å². The summed E-state index contributed by atoms with van der Waals surface area (Å²) < 4.78 is 31.6. The average molecular weight is 328 g/mol. The lowest BCUT2D eigenvalue weighted by Gasteiger charge is -2.11. The van der Waals surface area contributed by atoms with Gasteiger partial charge in [0.05, 0.1) is 19.1 Å². The fourth-order valence-corrected chi connectivity index (χ4v) is 2.37. The number of benzene rings is 1. The number of Topliss-reactive ketones (excluding diaryl/α,β-unsaturated/α-hetero) is 1. The van der Waals surface area contributed by atoms with Gasteiger partial charge in [0, 0.05) is 18.2 Å². The van der Waals surface area contributed by atoms with E-state index >= 15 is 0 Å². The highest BCUT2D eigenvalue weighted by Crippen LogP contribution is 2.16. The third-order valence-corrected chi connectivity index (χ3v) is 4.09. The van der Waals surface area contributed by atoms with Crippen molar-refractivity contribution in [3.8, 4) is 0 Å². The second-order valence-corrected chi connectivity index (χ2v) is 6.54. The Morgan fingerprint density at radius 1 is 1.00 bits per heavy atom. The smallest absolute Gasteiger partial charge is 0.320 e. The van der Waals surface area contributed by atoms with Crippen molar-refractivity contribution in [1.82, 2.24) is 0 Å². The summed E-state index contributed by atoms with van der Waals surface area (Å²) >= 11 is 0. The molecule has 7 nitrogen and oxygen atoms in total. The molecule has 1 rings (SSSR count). The zero-order valence-electron chi connectivity index (χ0n) is 12.4. The molecule has 1 aromatic carbocycles. The number of sulfone groups is 1. The molecule has 8 heteroatoms. The summed E-state index contributed by atoms with van der Waals surface area (Å²) in [6.45, 7) is 0. The first-order chi connectivity index (χ1) is 10.2. The van der Waals surface area contributed by atoms with Gasteiger partial charge in [0.1, 0.15) is 0 Å². The minimum atomic E-state index is -3.36. The number of methoxy groups -OCH3 is 2. The van der Waals surface area contributed by atoms with Crippen LogP contribution in [0, 0.1) is 5.92 Å². The molecule has 0 spiro atoms. The first kappa shape index (κ1) is 17.8. The van der Waals surface area contributed by atoms with Gasteiger partial charge in [-0.3, -0.25) is 14.4 Å². The molecule has 0 aliphatic heterocycles.